The Labute approximate surface area is 97.9 Å². The molecule has 0 radical (unpaired) electrons. The van der Waals surface area contributed by atoms with Gasteiger partial charge in [0.1, 0.15) is 18.0 Å². The standard InChI is InChI=1S/C12H22N4/c1-5-7-14-12-10(9(3)4)11(13-6-2)15-8-16-12/h8-9H,5-7H2,1-4H3,(H2,13,14,15,16). The Morgan fingerprint density at radius 1 is 1.12 bits per heavy atom. The molecule has 1 heterocycles. The van der Waals surface area contributed by atoms with Gasteiger partial charge in [0.25, 0.3) is 0 Å². The van der Waals surface area contributed by atoms with E-state index in [0.717, 1.165) is 31.1 Å². The maximum absolute atomic E-state index is 4.32. The Hall–Kier alpha value is -1.32. The van der Waals surface area contributed by atoms with Crippen molar-refractivity contribution in [3.63, 3.8) is 0 Å². The van der Waals surface area contributed by atoms with E-state index in [-0.39, 0.29) is 0 Å². The molecule has 0 saturated carbocycles. The lowest BCUT2D eigenvalue weighted by Crippen LogP contribution is -2.11. The number of hydrogen-bond acceptors (Lipinski definition) is 4. The molecule has 2 N–H and O–H groups in total. The van der Waals surface area contributed by atoms with Crippen molar-refractivity contribution in [1.82, 2.24) is 9.97 Å². The van der Waals surface area contributed by atoms with Crippen molar-refractivity contribution in [2.24, 2.45) is 0 Å². The zero-order valence-electron chi connectivity index (χ0n) is 10.7. The van der Waals surface area contributed by atoms with E-state index in [1.54, 1.807) is 6.33 Å². The molecule has 0 unspecified atom stereocenters. The van der Waals surface area contributed by atoms with Crippen molar-refractivity contribution >= 4 is 11.6 Å². The highest BCUT2D eigenvalue weighted by Gasteiger charge is 2.13. The van der Waals surface area contributed by atoms with Crippen LogP contribution in [0.4, 0.5) is 11.6 Å². The van der Waals surface area contributed by atoms with Gasteiger partial charge in [0.15, 0.2) is 0 Å². The second-order valence-corrected chi connectivity index (χ2v) is 4.10. The number of nitrogens with zero attached hydrogens (tertiary/aromatic N) is 2. The molecule has 0 fully saturated rings. The molecule has 90 valence electrons. The Kier molecular flexibility index (Phi) is 5.02. The summed E-state index contributed by atoms with van der Waals surface area (Å²) in [6.07, 6.45) is 2.71. The van der Waals surface area contributed by atoms with E-state index in [0.29, 0.717) is 5.92 Å². The van der Waals surface area contributed by atoms with Crippen LogP contribution in [0, 0.1) is 0 Å². The first kappa shape index (κ1) is 12.7. The van der Waals surface area contributed by atoms with E-state index >= 15 is 0 Å². The van der Waals surface area contributed by atoms with Crippen LogP contribution in [0.2, 0.25) is 0 Å². The summed E-state index contributed by atoms with van der Waals surface area (Å²) in [5.74, 6) is 2.32. The molecule has 0 aliphatic carbocycles. The summed E-state index contributed by atoms with van der Waals surface area (Å²) in [6, 6.07) is 0. The Bertz CT molecular complexity index is 323. The van der Waals surface area contributed by atoms with Crippen LogP contribution in [0.15, 0.2) is 6.33 Å². The zero-order valence-corrected chi connectivity index (χ0v) is 10.7. The van der Waals surface area contributed by atoms with Crippen molar-refractivity contribution in [3.05, 3.63) is 11.9 Å². The largest absolute Gasteiger partial charge is 0.370 e. The SMILES string of the molecule is CCCNc1ncnc(NCC)c1C(C)C. The van der Waals surface area contributed by atoms with Crippen molar-refractivity contribution in [2.45, 2.75) is 40.0 Å². The minimum absolute atomic E-state index is 0.412. The quantitative estimate of drug-likeness (QED) is 0.777. The van der Waals surface area contributed by atoms with Crippen LogP contribution in [0.5, 0.6) is 0 Å². The first-order valence-corrected chi connectivity index (χ1v) is 6.03. The summed E-state index contributed by atoms with van der Waals surface area (Å²) in [7, 11) is 0. The summed E-state index contributed by atoms with van der Waals surface area (Å²) < 4.78 is 0. The third-order valence-electron chi connectivity index (χ3n) is 2.35. The number of aromatic nitrogens is 2. The lowest BCUT2D eigenvalue weighted by molar-refractivity contribution is 0.840. The molecule has 0 aliphatic rings. The number of hydrogen-bond donors (Lipinski definition) is 2. The highest BCUT2D eigenvalue weighted by Crippen LogP contribution is 2.27. The predicted octanol–water partition coefficient (Wildman–Crippen LogP) is 2.85. The molecule has 4 heteroatoms. The minimum atomic E-state index is 0.412. The summed E-state index contributed by atoms with van der Waals surface area (Å²) in [5, 5.41) is 6.64. The predicted molar refractivity (Wildman–Crippen MR) is 69.1 cm³/mol. The Balaban J connectivity index is 3.00. The fourth-order valence-electron chi connectivity index (χ4n) is 1.64. The fraction of sp³-hybridized carbons (Fsp3) is 0.667. The van der Waals surface area contributed by atoms with Gasteiger partial charge in [-0.1, -0.05) is 20.8 Å². The van der Waals surface area contributed by atoms with Gasteiger partial charge < -0.3 is 10.6 Å². The molecular formula is C12H22N4. The third-order valence-corrected chi connectivity index (χ3v) is 2.35. The molecule has 1 aromatic rings. The lowest BCUT2D eigenvalue weighted by atomic mass is 10.0. The second-order valence-electron chi connectivity index (χ2n) is 4.10. The van der Waals surface area contributed by atoms with Gasteiger partial charge in [-0.3, -0.25) is 0 Å². The molecule has 16 heavy (non-hydrogen) atoms. The molecule has 1 rings (SSSR count). The number of rotatable bonds is 6. The number of anilines is 2. The van der Waals surface area contributed by atoms with Gasteiger partial charge in [-0.15, -0.1) is 0 Å². The summed E-state index contributed by atoms with van der Waals surface area (Å²) >= 11 is 0. The first-order chi connectivity index (χ1) is 7.70. The topological polar surface area (TPSA) is 49.8 Å². The molecule has 0 saturated heterocycles. The Morgan fingerprint density at radius 3 is 2.25 bits per heavy atom. The molecule has 0 bridgehead atoms. The van der Waals surface area contributed by atoms with Crippen LogP contribution in [0.1, 0.15) is 45.6 Å². The van der Waals surface area contributed by atoms with E-state index in [1.165, 1.54) is 5.56 Å². The average Bonchev–Trinajstić information content (AvgIpc) is 2.26. The lowest BCUT2D eigenvalue weighted by Gasteiger charge is -2.17. The summed E-state index contributed by atoms with van der Waals surface area (Å²) in [5.41, 5.74) is 1.18. The fourth-order valence-corrected chi connectivity index (χ4v) is 1.64. The van der Waals surface area contributed by atoms with Gasteiger partial charge in [0, 0.05) is 18.7 Å². The van der Waals surface area contributed by atoms with Gasteiger partial charge in [-0.25, -0.2) is 9.97 Å². The van der Waals surface area contributed by atoms with Gasteiger partial charge in [-0.05, 0) is 19.3 Å². The number of nitrogens with one attached hydrogen (secondary N) is 2. The first-order valence-electron chi connectivity index (χ1n) is 6.03. The molecule has 0 aromatic carbocycles. The van der Waals surface area contributed by atoms with Gasteiger partial charge in [0.2, 0.25) is 0 Å². The van der Waals surface area contributed by atoms with E-state index in [1.807, 2.05) is 0 Å². The van der Waals surface area contributed by atoms with Crippen molar-refractivity contribution in [3.8, 4) is 0 Å². The molecular weight excluding hydrogens is 200 g/mol. The van der Waals surface area contributed by atoms with E-state index < -0.39 is 0 Å². The molecule has 1 aromatic heterocycles. The summed E-state index contributed by atoms with van der Waals surface area (Å²) in [4.78, 5) is 8.61. The average molecular weight is 222 g/mol. The van der Waals surface area contributed by atoms with Crippen molar-refractivity contribution < 1.29 is 0 Å². The molecule has 0 atom stereocenters. The minimum Gasteiger partial charge on any atom is -0.370 e. The van der Waals surface area contributed by atoms with Crippen LogP contribution in [-0.2, 0) is 0 Å². The van der Waals surface area contributed by atoms with Gasteiger partial charge >= 0.3 is 0 Å². The van der Waals surface area contributed by atoms with Crippen LogP contribution in [0.25, 0.3) is 0 Å². The van der Waals surface area contributed by atoms with Crippen LogP contribution < -0.4 is 10.6 Å². The normalized spacial score (nSPS) is 10.6. The van der Waals surface area contributed by atoms with Crippen LogP contribution in [0.3, 0.4) is 0 Å². The smallest absolute Gasteiger partial charge is 0.134 e. The maximum atomic E-state index is 4.32. The zero-order chi connectivity index (χ0) is 12.0. The van der Waals surface area contributed by atoms with Gasteiger partial charge in [-0.2, -0.15) is 0 Å². The van der Waals surface area contributed by atoms with E-state index in [2.05, 4.69) is 48.3 Å². The Morgan fingerprint density at radius 2 is 1.75 bits per heavy atom. The van der Waals surface area contributed by atoms with Crippen molar-refractivity contribution in [2.75, 3.05) is 23.7 Å². The monoisotopic (exact) mass is 222 g/mol. The van der Waals surface area contributed by atoms with Crippen LogP contribution in [-0.4, -0.2) is 23.1 Å². The van der Waals surface area contributed by atoms with Crippen molar-refractivity contribution in [1.29, 1.82) is 0 Å². The molecule has 0 amide bonds. The maximum Gasteiger partial charge on any atom is 0.134 e. The van der Waals surface area contributed by atoms with Crippen LogP contribution >= 0.6 is 0 Å². The molecule has 0 spiro atoms. The van der Waals surface area contributed by atoms with E-state index in [4.69, 9.17) is 0 Å². The van der Waals surface area contributed by atoms with E-state index in [9.17, 15) is 0 Å². The third kappa shape index (κ3) is 3.08. The van der Waals surface area contributed by atoms with Gasteiger partial charge in [0.05, 0.1) is 0 Å². The molecule has 4 nitrogen and oxygen atoms in total. The molecule has 0 aliphatic heterocycles. The second kappa shape index (κ2) is 6.30. The highest BCUT2D eigenvalue weighted by molar-refractivity contribution is 5.58. The summed E-state index contributed by atoms with van der Waals surface area (Å²) in [6.45, 7) is 10.4. The highest BCUT2D eigenvalue weighted by atomic mass is 15.1.